The van der Waals surface area contributed by atoms with Gasteiger partial charge in [-0.15, -0.1) is 5.10 Å². The second kappa shape index (κ2) is 4.60. The van der Waals surface area contributed by atoms with Crippen LogP contribution in [-0.4, -0.2) is 28.2 Å². The van der Waals surface area contributed by atoms with Crippen LogP contribution in [0.1, 0.15) is 5.56 Å². The Morgan fingerprint density at radius 1 is 1.33 bits per heavy atom. The monoisotopic (exact) mass is 298 g/mol. The van der Waals surface area contributed by atoms with Crippen LogP contribution in [-0.2, 0) is 6.54 Å². The SMILES string of the molecule is CN1CCn2c(s/c(=C/c3c[nH]c4ccccc34)c2=O)=N1. The third-order valence-corrected chi connectivity index (χ3v) is 4.70. The van der Waals surface area contributed by atoms with Crippen molar-refractivity contribution in [3.63, 3.8) is 0 Å². The van der Waals surface area contributed by atoms with Gasteiger partial charge in [-0.3, -0.25) is 14.4 Å². The van der Waals surface area contributed by atoms with Gasteiger partial charge in [-0.05, 0) is 12.1 Å². The van der Waals surface area contributed by atoms with Gasteiger partial charge < -0.3 is 4.98 Å². The van der Waals surface area contributed by atoms with Crippen molar-refractivity contribution in [1.82, 2.24) is 14.6 Å². The fourth-order valence-electron chi connectivity index (χ4n) is 2.58. The van der Waals surface area contributed by atoms with E-state index in [1.54, 1.807) is 4.57 Å². The number of para-hydroxylation sites is 1. The predicted molar refractivity (Wildman–Crippen MR) is 83.9 cm³/mol. The van der Waals surface area contributed by atoms with Crippen molar-refractivity contribution in [3.05, 3.63) is 55.7 Å². The second-order valence-electron chi connectivity index (χ2n) is 5.12. The molecule has 3 heterocycles. The summed E-state index contributed by atoms with van der Waals surface area (Å²) in [5.41, 5.74) is 2.17. The highest BCUT2D eigenvalue weighted by atomic mass is 32.1. The summed E-state index contributed by atoms with van der Waals surface area (Å²) in [6, 6.07) is 8.09. The fraction of sp³-hybridized carbons (Fsp3) is 0.200. The second-order valence-corrected chi connectivity index (χ2v) is 6.13. The molecule has 0 atom stereocenters. The molecule has 0 spiro atoms. The Balaban J connectivity index is 1.95. The summed E-state index contributed by atoms with van der Waals surface area (Å²) in [6.07, 6.45) is 3.89. The van der Waals surface area contributed by atoms with Gasteiger partial charge in [0.1, 0.15) is 0 Å². The average Bonchev–Trinajstić information content (AvgIpc) is 3.02. The smallest absolute Gasteiger partial charge is 0.270 e. The number of benzene rings is 1. The van der Waals surface area contributed by atoms with Crippen LogP contribution in [0.25, 0.3) is 17.0 Å². The number of likely N-dealkylation sites (N-methyl/N-ethyl adjacent to an activating group) is 1. The van der Waals surface area contributed by atoms with Gasteiger partial charge in [-0.25, -0.2) is 0 Å². The molecule has 0 bridgehead atoms. The third kappa shape index (κ3) is 1.99. The van der Waals surface area contributed by atoms with Crippen molar-refractivity contribution >= 4 is 28.3 Å². The Hall–Kier alpha value is -2.34. The van der Waals surface area contributed by atoms with Crippen molar-refractivity contribution < 1.29 is 0 Å². The van der Waals surface area contributed by atoms with E-state index in [1.165, 1.54) is 11.3 Å². The molecular formula is C15H14N4OS. The molecule has 0 radical (unpaired) electrons. The molecular weight excluding hydrogens is 284 g/mol. The van der Waals surface area contributed by atoms with Gasteiger partial charge >= 0.3 is 0 Å². The minimum Gasteiger partial charge on any atom is -0.361 e. The lowest BCUT2D eigenvalue weighted by Crippen LogP contribution is -2.39. The number of aromatic nitrogens is 2. The number of aromatic amines is 1. The van der Waals surface area contributed by atoms with Crippen LogP contribution in [0.2, 0.25) is 0 Å². The quantitative estimate of drug-likeness (QED) is 0.719. The predicted octanol–water partition coefficient (Wildman–Crippen LogP) is 0.700. The Morgan fingerprint density at radius 2 is 2.19 bits per heavy atom. The van der Waals surface area contributed by atoms with Gasteiger partial charge in [0.05, 0.1) is 11.1 Å². The van der Waals surface area contributed by atoms with E-state index < -0.39 is 0 Å². The summed E-state index contributed by atoms with van der Waals surface area (Å²) in [5.74, 6) is 0. The Kier molecular flexibility index (Phi) is 2.71. The van der Waals surface area contributed by atoms with Gasteiger partial charge in [-0.1, -0.05) is 29.5 Å². The molecule has 5 nitrogen and oxygen atoms in total. The lowest BCUT2D eigenvalue weighted by molar-refractivity contribution is 0.290. The van der Waals surface area contributed by atoms with Crippen LogP contribution in [0.3, 0.4) is 0 Å². The highest BCUT2D eigenvalue weighted by Crippen LogP contribution is 2.17. The summed E-state index contributed by atoms with van der Waals surface area (Å²) < 4.78 is 2.49. The van der Waals surface area contributed by atoms with Gasteiger partial charge in [0.2, 0.25) is 4.80 Å². The van der Waals surface area contributed by atoms with Crippen LogP contribution >= 0.6 is 11.3 Å². The Morgan fingerprint density at radius 3 is 3.10 bits per heavy atom. The molecule has 0 fully saturated rings. The number of H-pyrrole nitrogens is 1. The molecule has 1 N–H and O–H groups in total. The van der Waals surface area contributed by atoms with Crippen molar-refractivity contribution in [2.45, 2.75) is 6.54 Å². The standard InChI is InChI=1S/C15H14N4OS/c1-18-6-7-19-14(20)13(21-15(19)17-18)8-10-9-16-12-5-3-2-4-11(10)12/h2-5,8-9,16H,6-7H2,1H3/b13-8+. The first-order chi connectivity index (χ1) is 10.2. The number of fused-ring (bicyclic) bond motifs is 2. The lowest BCUT2D eigenvalue weighted by Gasteiger charge is -2.16. The number of thiazole rings is 1. The van der Waals surface area contributed by atoms with Crippen molar-refractivity contribution in [2.75, 3.05) is 13.6 Å². The van der Waals surface area contributed by atoms with Crippen LogP contribution < -0.4 is 14.9 Å². The number of nitrogens with zero attached hydrogens (tertiary/aromatic N) is 3. The maximum absolute atomic E-state index is 12.4. The molecule has 0 saturated heterocycles. The molecule has 1 aromatic carbocycles. The van der Waals surface area contributed by atoms with Crippen molar-refractivity contribution in [2.24, 2.45) is 5.10 Å². The summed E-state index contributed by atoms with van der Waals surface area (Å²) in [7, 11) is 1.93. The van der Waals surface area contributed by atoms with Crippen molar-refractivity contribution in [1.29, 1.82) is 0 Å². The van der Waals surface area contributed by atoms with E-state index >= 15 is 0 Å². The van der Waals surface area contributed by atoms with E-state index in [0.717, 1.165) is 32.3 Å². The van der Waals surface area contributed by atoms with E-state index in [0.29, 0.717) is 6.54 Å². The highest BCUT2D eigenvalue weighted by Gasteiger charge is 2.11. The molecule has 0 aliphatic carbocycles. The Labute approximate surface area is 124 Å². The number of nitrogens with one attached hydrogen (secondary N) is 1. The maximum Gasteiger partial charge on any atom is 0.270 e. The van der Waals surface area contributed by atoms with E-state index in [-0.39, 0.29) is 5.56 Å². The van der Waals surface area contributed by atoms with Gasteiger partial charge in [0, 0.05) is 36.3 Å². The summed E-state index contributed by atoms with van der Waals surface area (Å²) in [5, 5.41) is 7.41. The van der Waals surface area contributed by atoms with Crippen LogP contribution in [0.4, 0.5) is 0 Å². The zero-order valence-corrected chi connectivity index (χ0v) is 12.4. The molecule has 1 aliphatic rings. The molecule has 4 rings (SSSR count). The van der Waals surface area contributed by atoms with Gasteiger partial charge in [0.25, 0.3) is 5.56 Å². The fourth-order valence-corrected chi connectivity index (χ4v) is 3.62. The number of hydrogen-bond donors (Lipinski definition) is 1. The first kappa shape index (κ1) is 12.4. The lowest BCUT2D eigenvalue weighted by atomic mass is 10.2. The zero-order chi connectivity index (χ0) is 14.4. The normalized spacial score (nSPS) is 15.3. The topological polar surface area (TPSA) is 53.4 Å². The van der Waals surface area contributed by atoms with Crippen LogP contribution in [0.15, 0.2) is 40.4 Å². The Bertz CT molecular complexity index is 995. The molecule has 0 saturated carbocycles. The molecule has 0 amide bonds. The molecule has 0 unspecified atom stereocenters. The van der Waals surface area contributed by atoms with E-state index in [9.17, 15) is 4.79 Å². The third-order valence-electron chi connectivity index (χ3n) is 3.70. The minimum atomic E-state index is 0.0529. The minimum absolute atomic E-state index is 0.0529. The number of rotatable bonds is 1. The van der Waals surface area contributed by atoms with Crippen LogP contribution in [0.5, 0.6) is 0 Å². The average molecular weight is 298 g/mol. The molecule has 6 heteroatoms. The largest absolute Gasteiger partial charge is 0.361 e. The highest BCUT2D eigenvalue weighted by molar-refractivity contribution is 7.07. The zero-order valence-electron chi connectivity index (χ0n) is 11.5. The molecule has 3 aromatic rings. The van der Waals surface area contributed by atoms with E-state index in [1.807, 2.05) is 42.5 Å². The molecule has 21 heavy (non-hydrogen) atoms. The summed E-state index contributed by atoms with van der Waals surface area (Å²) in [4.78, 5) is 16.4. The first-order valence-corrected chi connectivity index (χ1v) is 7.61. The van der Waals surface area contributed by atoms with E-state index in [2.05, 4.69) is 16.2 Å². The summed E-state index contributed by atoms with van der Waals surface area (Å²) >= 11 is 1.45. The van der Waals surface area contributed by atoms with Crippen LogP contribution in [0, 0.1) is 0 Å². The van der Waals surface area contributed by atoms with E-state index in [4.69, 9.17) is 0 Å². The summed E-state index contributed by atoms with van der Waals surface area (Å²) in [6.45, 7) is 1.47. The molecule has 1 aliphatic heterocycles. The maximum atomic E-state index is 12.4. The van der Waals surface area contributed by atoms with Gasteiger partial charge in [-0.2, -0.15) is 0 Å². The van der Waals surface area contributed by atoms with Gasteiger partial charge in [0.15, 0.2) is 0 Å². The first-order valence-electron chi connectivity index (χ1n) is 6.79. The molecule has 2 aromatic heterocycles. The number of hydrogen-bond acceptors (Lipinski definition) is 4. The molecule has 106 valence electrons. The van der Waals surface area contributed by atoms with Crippen molar-refractivity contribution in [3.8, 4) is 0 Å².